The third-order valence-corrected chi connectivity index (χ3v) is 5.47. The predicted octanol–water partition coefficient (Wildman–Crippen LogP) is 2.53. The second-order valence-corrected chi connectivity index (χ2v) is 7.62. The molecule has 1 aromatic carbocycles. The minimum absolute atomic E-state index is 0.0330. The highest BCUT2D eigenvalue weighted by Crippen LogP contribution is 2.18. The van der Waals surface area contributed by atoms with Crippen molar-refractivity contribution >= 4 is 17.7 Å². The summed E-state index contributed by atoms with van der Waals surface area (Å²) in [4.78, 5) is 38.3. The first kappa shape index (κ1) is 22.5. The van der Waals surface area contributed by atoms with Crippen LogP contribution in [0, 0.1) is 11.7 Å². The molecule has 0 bridgehead atoms. The van der Waals surface area contributed by atoms with E-state index in [-0.39, 0.29) is 35.2 Å². The van der Waals surface area contributed by atoms with Gasteiger partial charge < -0.3 is 20.0 Å². The number of hydrogen-bond donors (Lipinski definition) is 2. The van der Waals surface area contributed by atoms with Crippen molar-refractivity contribution in [3.05, 3.63) is 59.8 Å². The highest BCUT2D eigenvalue weighted by Gasteiger charge is 2.26. The van der Waals surface area contributed by atoms with Gasteiger partial charge in [-0.25, -0.2) is 4.39 Å². The second kappa shape index (κ2) is 11.3. The van der Waals surface area contributed by atoms with Crippen LogP contribution in [0.5, 0.6) is 0 Å². The lowest BCUT2D eigenvalue weighted by Gasteiger charge is -2.31. The van der Waals surface area contributed by atoms with Crippen molar-refractivity contribution in [2.75, 3.05) is 26.2 Å². The molecule has 0 unspecified atom stereocenters. The molecule has 1 aliphatic rings. The van der Waals surface area contributed by atoms with Crippen molar-refractivity contribution < 1.29 is 23.2 Å². The van der Waals surface area contributed by atoms with E-state index in [1.54, 1.807) is 35.2 Å². The van der Waals surface area contributed by atoms with E-state index >= 15 is 0 Å². The number of benzene rings is 1. The number of nitrogens with one attached hydrogen (secondary N) is 2. The van der Waals surface area contributed by atoms with Crippen LogP contribution < -0.4 is 10.6 Å². The van der Waals surface area contributed by atoms with Crippen LogP contribution in [0.1, 0.15) is 41.8 Å². The van der Waals surface area contributed by atoms with Crippen LogP contribution in [-0.2, 0) is 16.0 Å². The summed E-state index contributed by atoms with van der Waals surface area (Å²) in [6.07, 6.45) is 4.01. The summed E-state index contributed by atoms with van der Waals surface area (Å²) in [5.41, 5.74) is 0.587. The van der Waals surface area contributed by atoms with Crippen molar-refractivity contribution in [2.24, 2.45) is 5.92 Å². The number of hydrogen-bond acceptors (Lipinski definition) is 4. The Kier molecular flexibility index (Phi) is 8.20. The summed E-state index contributed by atoms with van der Waals surface area (Å²) in [6.45, 7) is 1.88. The molecule has 0 radical (unpaired) electrons. The molecule has 7 nitrogen and oxygen atoms in total. The molecule has 0 saturated carbocycles. The Bertz CT molecular complexity index is 877. The molecule has 166 valence electrons. The fourth-order valence-corrected chi connectivity index (χ4v) is 3.65. The number of amides is 3. The highest BCUT2D eigenvalue weighted by molar-refractivity contribution is 5.91. The van der Waals surface area contributed by atoms with Crippen molar-refractivity contribution in [3.63, 3.8) is 0 Å². The molecule has 1 aromatic heterocycles. The first-order chi connectivity index (χ1) is 15.0. The zero-order chi connectivity index (χ0) is 22.1. The molecule has 1 saturated heterocycles. The fraction of sp³-hybridized carbons (Fsp3) is 0.435. The average molecular weight is 429 g/mol. The molecule has 2 aromatic rings. The molecule has 0 aliphatic carbocycles. The Morgan fingerprint density at radius 1 is 1.03 bits per heavy atom. The van der Waals surface area contributed by atoms with Crippen LogP contribution in [0.15, 0.2) is 47.1 Å². The quantitative estimate of drug-likeness (QED) is 0.600. The van der Waals surface area contributed by atoms with Gasteiger partial charge in [0.1, 0.15) is 5.82 Å². The molecule has 3 rings (SSSR count). The van der Waals surface area contributed by atoms with Gasteiger partial charge in [-0.1, -0.05) is 18.2 Å². The van der Waals surface area contributed by atoms with Gasteiger partial charge in [-0.3, -0.25) is 14.4 Å². The van der Waals surface area contributed by atoms with Gasteiger partial charge in [0.15, 0.2) is 5.76 Å². The molecule has 1 fully saturated rings. The third-order valence-electron chi connectivity index (χ3n) is 5.47. The summed E-state index contributed by atoms with van der Waals surface area (Å²) < 4.78 is 18.6. The summed E-state index contributed by atoms with van der Waals surface area (Å²) >= 11 is 0. The van der Waals surface area contributed by atoms with Gasteiger partial charge in [0.25, 0.3) is 5.91 Å². The number of carbonyl (C=O) groups excluding carboxylic acids is 3. The van der Waals surface area contributed by atoms with Gasteiger partial charge in [0, 0.05) is 38.5 Å². The Balaban J connectivity index is 1.29. The summed E-state index contributed by atoms with van der Waals surface area (Å²) in [6, 6.07) is 9.78. The Morgan fingerprint density at radius 3 is 2.52 bits per heavy atom. The number of likely N-dealkylation sites (tertiary alicyclic amines) is 1. The van der Waals surface area contributed by atoms with E-state index in [2.05, 4.69) is 10.6 Å². The number of halogens is 1. The number of piperidine rings is 1. The zero-order valence-electron chi connectivity index (χ0n) is 17.4. The number of furan rings is 1. The lowest BCUT2D eigenvalue weighted by Crippen LogP contribution is -2.43. The van der Waals surface area contributed by atoms with Gasteiger partial charge in [-0.05, 0) is 49.4 Å². The Hall–Kier alpha value is -3.16. The molecule has 0 spiro atoms. The van der Waals surface area contributed by atoms with E-state index in [4.69, 9.17) is 4.42 Å². The molecular formula is C23H28FN3O4. The SMILES string of the molecule is O=C(NCCCC(=O)N1CCC(C(=O)NCCc2ccccc2F)CC1)c1ccco1. The first-order valence-electron chi connectivity index (χ1n) is 10.6. The van der Waals surface area contributed by atoms with Crippen LogP contribution in [0.4, 0.5) is 4.39 Å². The standard InChI is InChI=1S/C23H28FN3O4/c24-19-6-2-1-5-17(19)9-13-26-22(29)18-10-14-27(15-11-18)21(28)8-3-12-25-23(30)20-7-4-16-31-20/h1-2,4-7,16,18H,3,8-15H2,(H,25,30)(H,26,29). The molecule has 31 heavy (non-hydrogen) atoms. The zero-order valence-corrected chi connectivity index (χ0v) is 17.4. The van der Waals surface area contributed by atoms with Crippen LogP contribution in [0.3, 0.4) is 0 Å². The smallest absolute Gasteiger partial charge is 0.286 e. The van der Waals surface area contributed by atoms with E-state index in [9.17, 15) is 18.8 Å². The number of nitrogens with zero attached hydrogens (tertiary/aromatic N) is 1. The summed E-state index contributed by atoms with van der Waals surface area (Å²) in [5, 5.41) is 5.60. The van der Waals surface area contributed by atoms with E-state index < -0.39 is 0 Å². The van der Waals surface area contributed by atoms with Crippen LogP contribution in [-0.4, -0.2) is 48.8 Å². The monoisotopic (exact) mass is 429 g/mol. The maximum Gasteiger partial charge on any atom is 0.286 e. The lowest BCUT2D eigenvalue weighted by molar-refractivity contribution is -0.135. The average Bonchev–Trinajstić information content (AvgIpc) is 3.33. The van der Waals surface area contributed by atoms with Gasteiger partial charge in [-0.15, -0.1) is 0 Å². The van der Waals surface area contributed by atoms with E-state index in [1.165, 1.54) is 12.3 Å². The third kappa shape index (κ3) is 6.67. The van der Waals surface area contributed by atoms with Gasteiger partial charge in [0.2, 0.25) is 11.8 Å². The molecule has 2 N–H and O–H groups in total. The summed E-state index contributed by atoms with van der Waals surface area (Å²) in [7, 11) is 0. The van der Waals surface area contributed by atoms with Crippen molar-refractivity contribution in [3.8, 4) is 0 Å². The van der Waals surface area contributed by atoms with Crippen LogP contribution >= 0.6 is 0 Å². The Labute approximate surface area is 181 Å². The van der Waals surface area contributed by atoms with E-state index in [1.807, 2.05) is 0 Å². The molecular weight excluding hydrogens is 401 g/mol. The predicted molar refractivity (Wildman–Crippen MR) is 113 cm³/mol. The highest BCUT2D eigenvalue weighted by atomic mass is 19.1. The minimum Gasteiger partial charge on any atom is -0.459 e. The van der Waals surface area contributed by atoms with Gasteiger partial charge in [-0.2, -0.15) is 0 Å². The minimum atomic E-state index is -0.292. The topological polar surface area (TPSA) is 91.7 Å². The van der Waals surface area contributed by atoms with Crippen molar-refractivity contribution in [1.29, 1.82) is 0 Å². The molecule has 3 amide bonds. The lowest BCUT2D eigenvalue weighted by atomic mass is 9.95. The summed E-state index contributed by atoms with van der Waals surface area (Å²) in [5.74, 6) is -0.434. The molecule has 1 aliphatic heterocycles. The molecule has 2 heterocycles. The van der Waals surface area contributed by atoms with E-state index in [0.29, 0.717) is 63.8 Å². The van der Waals surface area contributed by atoms with Gasteiger partial charge in [0.05, 0.1) is 6.26 Å². The van der Waals surface area contributed by atoms with Gasteiger partial charge >= 0.3 is 0 Å². The van der Waals surface area contributed by atoms with Crippen molar-refractivity contribution in [1.82, 2.24) is 15.5 Å². The maximum absolute atomic E-state index is 13.6. The maximum atomic E-state index is 13.6. The number of rotatable bonds is 9. The van der Waals surface area contributed by atoms with Crippen LogP contribution in [0.25, 0.3) is 0 Å². The van der Waals surface area contributed by atoms with Crippen LogP contribution in [0.2, 0.25) is 0 Å². The normalized spacial score (nSPS) is 14.3. The van der Waals surface area contributed by atoms with Crippen molar-refractivity contribution in [2.45, 2.75) is 32.1 Å². The number of carbonyl (C=O) groups is 3. The largest absolute Gasteiger partial charge is 0.459 e. The van der Waals surface area contributed by atoms with E-state index in [0.717, 1.165) is 0 Å². The second-order valence-electron chi connectivity index (χ2n) is 7.62. The molecule has 0 atom stereocenters. The first-order valence-corrected chi connectivity index (χ1v) is 10.6. The molecule has 8 heteroatoms. The fourth-order valence-electron chi connectivity index (χ4n) is 3.65. The Morgan fingerprint density at radius 2 is 1.81 bits per heavy atom.